The topological polar surface area (TPSA) is 88.4 Å². The molecule has 1 rings (SSSR count). The van der Waals surface area contributed by atoms with Crippen LogP contribution in [0.1, 0.15) is 16.8 Å². The average Bonchev–Trinajstić information content (AvgIpc) is 2.21. The largest absolute Gasteiger partial charge is 0.481 e. The molecule has 6 nitrogen and oxygen atoms in total. The van der Waals surface area contributed by atoms with Crippen LogP contribution in [0.4, 0.5) is 0 Å². The summed E-state index contributed by atoms with van der Waals surface area (Å²) in [7, 11) is 1.58. The Bertz CT molecular complexity index is 464. The fourth-order valence-corrected chi connectivity index (χ4v) is 1.07. The summed E-state index contributed by atoms with van der Waals surface area (Å²) in [5.41, 5.74) is -0.0561. The predicted octanol–water partition coefficient (Wildman–Crippen LogP) is -0.410. The second-order valence-electron chi connectivity index (χ2n) is 3.26. The van der Waals surface area contributed by atoms with Gasteiger partial charge in [0.25, 0.3) is 11.5 Å². The normalized spacial score (nSPS) is 9.81. The number of nitrogens with zero attached hydrogens (tertiary/aromatic N) is 1. The molecule has 0 saturated heterocycles. The van der Waals surface area contributed by atoms with Gasteiger partial charge in [-0.05, 0) is 6.07 Å². The van der Waals surface area contributed by atoms with Crippen LogP contribution >= 0.6 is 0 Å². The number of carbonyl (C=O) groups excluding carboxylic acids is 1. The van der Waals surface area contributed by atoms with Gasteiger partial charge in [-0.3, -0.25) is 14.4 Å². The van der Waals surface area contributed by atoms with Gasteiger partial charge in [-0.1, -0.05) is 0 Å². The van der Waals surface area contributed by atoms with Crippen LogP contribution < -0.4 is 10.9 Å². The fourth-order valence-electron chi connectivity index (χ4n) is 1.07. The van der Waals surface area contributed by atoms with Gasteiger partial charge in [-0.15, -0.1) is 0 Å². The van der Waals surface area contributed by atoms with Crippen LogP contribution in [0, 0.1) is 0 Å². The Morgan fingerprint density at radius 2 is 2.19 bits per heavy atom. The first-order chi connectivity index (χ1) is 7.50. The van der Waals surface area contributed by atoms with E-state index in [1.54, 1.807) is 7.05 Å². The monoisotopic (exact) mass is 224 g/mol. The average molecular weight is 224 g/mol. The molecule has 1 amide bonds. The van der Waals surface area contributed by atoms with Crippen molar-refractivity contribution in [1.82, 2.24) is 9.88 Å². The molecule has 0 aliphatic rings. The highest BCUT2D eigenvalue weighted by Gasteiger charge is 2.06. The zero-order chi connectivity index (χ0) is 12.1. The van der Waals surface area contributed by atoms with Gasteiger partial charge in [-0.2, -0.15) is 0 Å². The maximum Gasteiger partial charge on any atom is 0.305 e. The van der Waals surface area contributed by atoms with E-state index in [1.807, 2.05) is 0 Å². The lowest BCUT2D eigenvalue weighted by Gasteiger charge is -2.03. The Morgan fingerprint density at radius 1 is 1.50 bits per heavy atom. The minimum Gasteiger partial charge on any atom is -0.481 e. The second kappa shape index (κ2) is 5.11. The molecule has 16 heavy (non-hydrogen) atoms. The number of amides is 1. The highest BCUT2D eigenvalue weighted by Crippen LogP contribution is 1.93. The maximum atomic E-state index is 11.4. The number of hydrogen-bond acceptors (Lipinski definition) is 3. The first-order valence-corrected chi connectivity index (χ1v) is 4.67. The third-order valence-electron chi connectivity index (χ3n) is 1.99. The molecule has 86 valence electrons. The van der Waals surface area contributed by atoms with Crippen molar-refractivity contribution < 1.29 is 14.7 Å². The highest BCUT2D eigenvalue weighted by atomic mass is 16.4. The fraction of sp³-hybridized carbons (Fsp3) is 0.300. The first kappa shape index (κ1) is 12.0. The summed E-state index contributed by atoms with van der Waals surface area (Å²) < 4.78 is 1.34. The molecular weight excluding hydrogens is 212 g/mol. The summed E-state index contributed by atoms with van der Waals surface area (Å²) in [6, 6.07) is 2.70. The molecule has 0 fully saturated rings. The molecule has 0 atom stereocenters. The summed E-state index contributed by atoms with van der Waals surface area (Å²) >= 11 is 0. The quantitative estimate of drug-likeness (QED) is 0.727. The summed E-state index contributed by atoms with van der Waals surface area (Å²) in [4.78, 5) is 32.9. The van der Waals surface area contributed by atoms with Gasteiger partial charge in [0.1, 0.15) is 0 Å². The van der Waals surface area contributed by atoms with E-state index in [-0.39, 0.29) is 24.1 Å². The Morgan fingerprint density at radius 3 is 2.75 bits per heavy atom. The molecule has 0 aliphatic heterocycles. The van der Waals surface area contributed by atoms with Crippen LogP contribution in [0.3, 0.4) is 0 Å². The molecule has 1 aromatic heterocycles. The van der Waals surface area contributed by atoms with Crippen LogP contribution in [0.25, 0.3) is 0 Å². The Kier molecular flexibility index (Phi) is 3.82. The number of hydrogen-bond donors (Lipinski definition) is 2. The zero-order valence-electron chi connectivity index (χ0n) is 8.77. The van der Waals surface area contributed by atoms with Gasteiger partial charge in [0, 0.05) is 31.4 Å². The molecule has 6 heteroatoms. The van der Waals surface area contributed by atoms with Crippen LogP contribution in [-0.2, 0) is 11.8 Å². The lowest BCUT2D eigenvalue weighted by atomic mass is 10.2. The number of aryl methyl sites for hydroxylation is 1. The SMILES string of the molecule is Cn1ccc(C(=O)NCCC(=O)O)cc1=O. The molecule has 0 saturated carbocycles. The molecular formula is C10H12N2O4. The van der Waals surface area contributed by atoms with Crippen molar-refractivity contribution >= 4 is 11.9 Å². The van der Waals surface area contributed by atoms with E-state index in [9.17, 15) is 14.4 Å². The van der Waals surface area contributed by atoms with E-state index >= 15 is 0 Å². The second-order valence-corrected chi connectivity index (χ2v) is 3.26. The van der Waals surface area contributed by atoms with Crippen molar-refractivity contribution in [2.24, 2.45) is 7.05 Å². The molecule has 0 spiro atoms. The van der Waals surface area contributed by atoms with E-state index in [2.05, 4.69) is 5.32 Å². The van der Waals surface area contributed by atoms with Crippen LogP contribution in [0.15, 0.2) is 23.1 Å². The van der Waals surface area contributed by atoms with Gasteiger partial charge in [0.15, 0.2) is 0 Å². The van der Waals surface area contributed by atoms with Crippen molar-refractivity contribution in [2.45, 2.75) is 6.42 Å². The van der Waals surface area contributed by atoms with Crippen LogP contribution in [-0.4, -0.2) is 28.1 Å². The van der Waals surface area contributed by atoms with Crippen molar-refractivity contribution in [1.29, 1.82) is 0 Å². The van der Waals surface area contributed by atoms with E-state index < -0.39 is 11.9 Å². The van der Waals surface area contributed by atoms with Gasteiger partial charge < -0.3 is 15.0 Å². The van der Waals surface area contributed by atoms with E-state index in [0.717, 1.165) is 0 Å². The van der Waals surface area contributed by atoms with Crippen LogP contribution in [0.2, 0.25) is 0 Å². The number of carbonyl (C=O) groups is 2. The van der Waals surface area contributed by atoms with Gasteiger partial charge >= 0.3 is 5.97 Å². The van der Waals surface area contributed by atoms with Crippen molar-refractivity contribution in [3.05, 3.63) is 34.2 Å². The number of aliphatic carboxylic acids is 1. The van der Waals surface area contributed by atoms with Gasteiger partial charge in [0.2, 0.25) is 0 Å². The smallest absolute Gasteiger partial charge is 0.305 e. The number of aromatic nitrogens is 1. The molecule has 0 aliphatic carbocycles. The van der Waals surface area contributed by atoms with Crippen molar-refractivity contribution in [3.8, 4) is 0 Å². The van der Waals surface area contributed by atoms with Gasteiger partial charge in [-0.25, -0.2) is 0 Å². The Balaban J connectivity index is 2.63. The van der Waals surface area contributed by atoms with Gasteiger partial charge in [0.05, 0.1) is 6.42 Å². The lowest BCUT2D eigenvalue weighted by Crippen LogP contribution is -2.28. The predicted molar refractivity (Wildman–Crippen MR) is 56.3 cm³/mol. The third kappa shape index (κ3) is 3.23. The maximum absolute atomic E-state index is 11.4. The Hall–Kier alpha value is -2.11. The highest BCUT2D eigenvalue weighted by molar-refractivity contribution is 5.94. The van der Waals surface area contributed by atoms with E-state index in [0.29, 0.717) is 0 Å². The molecule has 1 heterocycles. The number of carboxylic acids is 1. The molecule has 1 aromatic rings. The third-order valence-corrected chi connectivity index (χ3v) is 1.99. The van der Waals surface area contributed by atoms with Crippen molar-refractivity contribution in [2.75, 3.05) is 6.54 Å². The van der Waals surface area contributed by atoms with Crippen LogP contribution in [0.5, 0.6) is 0 Å². The standard InChI is InChI=1S/C10H12N2O4/c1-12-5-3-7(6-8(12)13)10(16)11-4-2-9(14)15/h3,5-6H,2,4H2,1H3,(H,11,16)(H,14,15). The van der Waals surface area contributed by atoms with Crippen molar-refractivity contribution in [3.63, 3.8) is 0 Å². The number of rotatable bonds is 4. The van der Waals surface area contributed by atoms with E-state index in [1.165, 1.54) is 22.9 Å². The molecule has 0 radical (unpaired) electrons. The molecule has 2 N–H and O–H groups in total. The Labute approximate surface area is 91.5 Å². The first-order valence-electron chi connectivity index (χ1n) is 4.67. The van der Waals surface area contributed by atoms with E-state index in [4.69, 9.17) is 5.11 Å². The summed E-state index contributed by atoms with van der Waals surface area (Å²) in [5.74, 6) is -1.43. The number of pyridine rings is 1. The minimum atomic E-state index is -0.982. The zero-order valence-corrected chi connectivity index (χ0v) is 8.77. The molecule has 0 aromatic carbocycles. The summed E-state index contributed by atoms with van der Waals surface area (Å²) in [6.45, 7) is 0.0450. The lowest BCUT2D eigenvalue weighted by molar-refractivity contribution is -0.136. The number of carboxylic acid groups (broad SMARTS) is 1. The molecule has 0 bridgehead atoms. The summed E-state index contributed by atoms with van der Waals surface area (Å²) in [6.07, 6.45) is 1.34. The number of nitrogens with one attached hydrogen (secondary N) is 1. The molecule has 0 unspecified atom stereocenters. The minimum absolute atomic E-state index is 0.0450. The summed E-state index contributed by atoms with van der Waals surface area (Å²) in [5, 5.41) is 10.8.